The monoisotopic (exact) mass is 435 g/mol. The van der Waals surface area contributed by atoms with Gasteiger partial charge in [-0.3, -0.25) is 19.5 Å². The maximum absolute atomic E-state index is 12.9. The van der Waals surface area contributed by atoms with Gasteiger partial charge in [-0.25, -0.2) is 0 Å². The van der Waals surface area contributed by atoms with Crippen LogP contribution in [0.25, 0.3) is 0 Å². The highest BCUT2D eigenvalue weighted by Gasteiger charge is 2.26. The average Bonchev–Trinajstić information content (AvgIpc) is 3.11. The largest absolute Gasteiger partial charge is 0.372 e. The first-order chi connectivity index (χ1) is 15.6. The van der Waals surface area contributed by atoms with Gasteiger partial charge in [0, 0.05) is 68.6 Å². The number of carbonyl (C=O) groups is 2. The number of carbonyl (C=O) groups excluding carboxylic acids is 2. The molecular formula is C25H33N5O2. The predicted octanol–water partition coefficient (Wildman–Crippen LogP) is 3.25. The zero-order valence-corrected chi connectivity index (χ0v) is 18.9. The van der Waals surface area contributed by atoms with E-state index in [9.17, 15) is 9.59 Å². The van der Waals surface area contributed by atoms with E-state index in [0.29, 0.717) is 25.2 Å². The van der Waals surface area contributed by atoms with E-state index in [0.717, 1.165) is 31.7 Å². The molecule has 2 amide bonds. The van der Waals surface area contributed by atoms with Crippen LogP contribution in [-0.4, -0.2) is 71.9 Å². The van der Waals surface area contributed by atoms with Crippen molar-refractivity contribution in [2.45, 2.75) is 38.6 Å². The average molecular weight is 436 g/mol. The van der Waals surface area contributed by atoms with Crippen LogP contribution < -0.4 is 10.2 Å². The van der Waals surface area contributed by atoms with E-state index in [1.807, 2.05) is 24.0 Å². The summed E-state index contributed by atoms with van der Waals surface area (Å²) in [7, 11) is 0. The van der Waals surface area contributed by atoms with E-state index < -0.39 is 0 Å². The summed E-state index contributed by atoms with van der Waals surface area (Å²) >= 11 is 0. The lowest BCUT2D eigenvalue weighted by Crippen LogP contribution is -2.44. The zero-order valence-electron chi connectivity index (χ0n) is 18.9. The number of pyridine rings is 1. The van der Waals surface area contributed by atoms with Crippen LogP contribution in [0.1, 0.15) is 43.0 Å². The smallest absolute Gasteiger partial charge is 0.254 e. The van der Waals surface area contributed by atoms with Crippen molar-refractivity contribution in [1.82, 2.24) is 14.8 Å². The second-order valence-electron chi connectivity index (χ2n) is 8.68. The fraction of sp³-hybridized carbons (Fsp3) is 0.480. The normalized spacial score (nSPS) is 18.7. The Hall–Kier alpha value is -2.93. The summed E-state index contributed by atoms with van der Waals surface area (Å²) in [6, 6.07) is 11.4. The first-order valence-corrected chi connectivity index (χ1v) is 11.7. The van der Waals surface area contributed by atoms with Crippen molar-refractivity contribution in [2.24, 2.45) is 0 Å². The van der Waals surface area contributed by atoms with Gasteiger partial charge < -0.3 is 15.1 Å². The molecule has 7 heteroatoms. The molecule has 7 nitrogen and oxygen atoms in total. The Labute approximate surface area is 190 Å². The third-order valence-corrected chi connectivity index (χ3v) is 6.53. The Morgan fingerprint density at radius 2 is 1.56 bits per heavy atom. The fourth-order valence-corrected chi connectivity index (χ4v) is 4.53. The maximum atomic E-state index is 12.9. The van der Waals surface area contributed by atoms with Gasteiger partial charge in [0.1, 0.15) is 0 Å². The molecule has 4 rings (SSSR count). The minimum absolute atomic E-state index is 0.00960. The van der Waals surface area contributed by atoms with Gasteiger partial charge in [0.15, 0.2) is 0 Å². The Kier molecular flexibility index (Phi) is 7.37. The number of rotatable bonds is 5. The van der Waals surface area contributed by atoms with Crippen molar-refractivity contribution in [2.75, 3.05) is 49.5 Å². The molecule has 1 aromatic carbocycles. The Morgan fingerprint density at radius 3 is 2.28 bits per heavy atom. The van der Waals surface area contributed by atoms with Crippen molar-refractivity contribution in [1.29, 1.82) is 0 Å². The second-order valence-corrected chi connectivity index (χ2v) is 8.68. The van der Waals surface area contributed by atoms with Crippen LogP contribution in [0.2, 0.25) is 0 Å². The van der Waals surface area contributed by atoms with Crippen molar-refractivity contribution in [3.05, 3.63) is 54.4 Å². The molecule has 2 aliphatic rings. The number of nitrogens with one attached hydrogen (secondary N) is 1. The van der Waals surface area contributed by atoms with Crippen molar-refractivity contribution < 1.29 is 9.59 Å². The van der Waals surface area contributed by atoms with Crippen molar-refractivity contribution >= 4 is 23.2 Å². The zero-order chi connectivity index (χ0) is 22.3. The van der Waals surface area contributed by atoms with Crippen LogP contribution in [0.15, 0.2) is 48.8 Å². The van der Waals surface area contributed by atoms with Gasteiger partial charge in [0.2, 0.25) is 5.91 Å². The number of piperidine rings is 1. The van der Waals surface area contributed by atoms with E-state index in [1.54, 1.807) is 24.5 Å². The highest BCUT2D eigenvalue weighted by Crippen LogP contribution is 2.22. The third-order valence-electron chi connectivity index (χ3n) is 6.53. The summed E-state index contributed by atoms with van der Waals surface area (Å²) in [5.41, 5.74) is 2.71. The van der Waals surface area contributed by atoms with Gasteiger partial charge in [-0.2, -0.15) is 0 Å². The maximum Gasteiger partial charge on any atom is 0.254 e. The number of nitrogens with zero attached hydrogens (tertiary/aromatic N) is 4. The van der Waals surface area contributed by atoms with E-state index >= 15 is 0 Å². The number of hydrogen-bond acceptors (Lipinski definition) is 5. The summed E-state index contributed by atoms with van der Waals surface area (Å²) in [6.07, 6.45) is 7.94. The van der Waals surface area contributed by atoms with Crippen LogP contribution >= 0.6 is 0 Å². The molecule has 170 valence electrons. The molecule has 0 bridgehead atoms. The highest BCUT2D eigenvalue weighted by molar-refractivity contribution is 5.95. The molecule has 1 unspecified atom stereocenters. The lowest BCUT2D eigenvalue weighted by Gasteiger charge is -2.29. The molecule has 32 heavy (non-hydrogen) atoms. The van der Waals surface area contributed by atoms with Crippen LogP contribution in [0.4, 0.5) is 11.4 Å². The number of hydrogen-bond donors (Lipinski definition) is 1. The summed E-state index contributed by atoms with van der Waals surface area (Å²) in [5, 5.41) is 3.06. The van der Waals surface area contributed by atoms with Gasteiger partial charge in [0.25, 0.3) is 5.91 Å². The van der Waals surface area contributed by atoms with Crippen LogP contribution in [-0.2, 0) is 4.79 Å². The number of benzene rings is 1. The van der Waals surface area contributed by atoms with E-state index in [2.05, 4.69) is 32.2 Å². The molecule has 2 aliphatic heterocycles. The van der Waals surface area contributed by atoms with Gasteiger partial charge in [-0.1, -0.05) is 0 Å². The van der Waals surface area contributed by atoms with Gasteiger partial charge in [-0.05, 0) is 69.0 Å². The molecular weight excluding hydrogens is 402 g/mol. The first kappa shape index (κ1) is 22.3. The molecule has 3 heterocycles. The second kappa shape index (κ2) is 10.6. The summed E-state index contributed by atoms with van der Waals surface area (Å²) < 4.78 is 0. The summed E-state index contributed by atoms with van der Waals surface area (Å²) in [5.74, 6) is 0.0183. The highest BCUT2D eigenvalue weighted by atomic mass is 16.2. The fourth-order valence-electron chi connectivity index (χ4n) is 4.53. The quantitative estimate of drug-likeness (QED) is 0.781. The Morgan fingerprint density at radius 1 is 0.844 bits per heavy atom. The van der Waals surface area contributed by atoms with Gasteiger partial charge in [0.05, 0.1) is 6.04 Å². The van der Waals surface area contributed by atoms with E-state index in [-0.39, 0.29) is 17.9 Å². The molecule has 0 aliphatic carbocycles. The van der Waals surface area contributed by atoms with Crippen LogP contribution in [0, 0.1) is 0 Å². The van der Waals surface area contributed by atoms with E-state index in [1.165, 1.54) is 24.9 Å². The first-order valence-electron chi connectivity index (χ1n) is 11.7. The SMILES string of the molecule is CC(C(=O)Nc1ccc(N2CCCCC2)cc1)N1CCCN(C(=O)c2ccncc2)CC1. The lowest BCUT2D eigenvalue weighted by atomic mass is 10.1. The van der Waals surface area contributed by atoms with Crippen LogP contribution in [0.5, 0.6) is 0 Å². The molecule has 0 spiro atoms. The Balaban J connectivity index is 1.30. The topological polar surface area (TPSA) is 68.8 Å². The lowest BCUT2D eigenvalue weighted by molar-refractivity contribution is -0.120. The van der Waals surface area contributed by atoms with E-state index in [4.69, 9.17) is 0 Å². The Bertz CT molecular complexity index is 896. The molecule has 0 radical (unpaired) electrons. The molecule has 1 atom stereocenters. The molecule has 1 aromatic heterocycles. The van der Waals surface area contributed by atoms with Crippen molar-refractivity contribution in [3.63, 3.8) is 0 Å². The van der Waals surface area contributed by atoms with Crippen LogP contribution in [0.3, 0.4) is 0 Å². The number of aromatic nitrogens is 1. The number of amides is 2. The standard InChI is InChI=1S/C25H33N5O2/c1-20(24(31)27-22-6-8-23(9-7-22)29-14-3-2-4-15-29)28-16-5-17-30(19-18-28)25(32)21-10-12-26-13-11-21/h6-13,20H,2-5,14-19H2,1H3,(H,27,31). The molecule has 2 saturated heterocycles. The molecule has 0 saturated carbocycles. The molecule has 2 aromatic rings. The predicted molar refractivity (Wildman–Crippen MR) is 127 cm³/mol. The van der Waals surface area contributed by atoms with Gasteiger partial charge >= 0.3 is 0 Å². The molecule has 1 N–H and O–H groups in total. The molecule has 2 fully saturated rings. The minimum Gasteiger partial charge on any atom is -0.372 e. The number of anilines is 2. The third kappa shape index (κ3) is 5.46. The summed E-state index contributed by atoms with van der Waals surface area (Å²) in [4.78, 5) is 36.1. The summed E-state index contributed by atoms with van der Waals surface area (Å²) in [6.45, 7) is 6.95. The minimum atomic E-state index is -0.257. The van der Waals surface area contributed by atoms with Crippen molar-refractivity contribution in [3.8, 4) is 0 Å². The van der Waals surface area contributed by atoms with Gasteiger partial charge in [-0.15, -0.1) is 0 Å².